The summed E-state index contributed by atoms with van der Waals surface area (Å²) < 4.78 is 0. The van der Waals surface area contributed by atoms with Crippen LogP contribution >= 0.6 is 24.8 Å². The zero-order valence-corrected chi connectivity index (χ0v) is 47.1. The molecule has 2 aliphatic rings. The summed E-state index contributed by atoms with van der Waals surface area (Å²) in [7, 11) is 3.94. The summed E-state index contributed by atoms with van der Waals surface area (Å²) in [4.78, 5) is 92.1. The smallest absolute Gasteiger partial charge is 0.319 e. The molecule has 0 unspecified atom stereocenters. The van der Waals surface area contributed by atoms with Crippen molar-refractivity contribution in [2.45, 2.75) is 136 Å². The molecule has 1 saturated heterocycles. The molecule has 3 aromatic carbocycles. The van der Waals surface area contributed by atoms with Crippen molar-refractivity contribution in [3.63, 3.8) is 0 Å². The fourth-order valence-electron chi connectivity index (χ4n) is 9.93. The predicted molar refractivity (Wildman–Crippen MR) is 300 cm³/mol. The van der Waals surface area contributed by atoms with Crippen molar-refractivity contribution in [1.82, 2.24) is 51.1 Å². The van der Waals surface area contributed by atoms with E-state index < -0.39 is 35.0 Å². The highest BCUT2D eigenvalue weighted by Gasteiger charge is 2.46. The molecule has 19 heteroatoms. The standard InChI is InChI=1S/C57H74N10O7S.H2S/c1-35(37-20-24-40(25-21-37)49-36(2)59-34-75-49)60-53(72)46-29-42(68)31-66(46)54(73)51(56(3,4)5)62-48(70)19-15-10-11-16-28-58-52(71)41-26-22-39(23-27-41)47(69)30-44-43-32-67(57(6,7)50(43)64-63-44)55(74)61-45(33-65(8)9)38-17-13-12-14-18-38;/h12-14,17-18,20-27,34-35,42,45-46,51,68H,10-11,15-16,19,28-33H2,1-9H3,(H,58,71)(H,60,72)(H,61,74)(H,62,70)(H,63,64);1H2/t35-,42+,45+,46-,51+;/m0./s1. The molecule has 0 bridgehead atoms. The number of H-pyrrole nitrogens is 1. The molecular formula is C57H76N10O7S2. The minimum absolute atomic E-state index is 0. The van der Waals surface area contributed by atoms with Crippen LogP contribution in [0.15, 0.2) is 84.4 Å². The van der Waals surface area contributed by atoms with Crippen molar-refractivity contribution in [3.05, 3.63) is 129 Å². The average Bonchev–Trinajstić information content (AvgIpc) is 4.17. The summed E-state index contributed by atoms with van der Waals surface area (Å²) in [6.45, 7) is 14.7. The number of benzene rings is 3. The summed E-state index contributed by atoms with van der Waals surface area (Å²) in [6, 6.07) is 21.8. The molecule has 7 rings (SSSR count). The number of likely N-dealkylation sites (tertiary alicyclic amines) is 1. The number of nitrogens with one attached hydrogen (secondary N) is 5. The van der Waals surface area contributed by atoms with E-state index in [2.05, 4.69) is 36.4 Å². The molecule has 0 radical (unpaired) electrons. The van der Waals surface area contributed by atoms with E-state index in [0.29, 0.717) is 49.3 Å². The van der Waals surface area contributed by atoms with Crippen LogP contribution in [0.1, 0.15) is 147 Å². The second kappa shape index (κ2) is 25.6. The number of fused-ring (bicyclic) bond motifs is 1. The number of carbonyl (C=O) groups excluding carboxylic acids is 6. The van der Waals surface area contributed by atoms with Crippen molar-refractivity contribution in [2.75, 3.05) is 33.7 Å². The molecule has 5 aromatic rings. The summed E-state index contributed by atoms with van der Waals surface area (Å²) >= 11 is 1.57. The maximum atomic E-state index is 14.1. The molecule has 2 aliphatic heterocycles. The van der Waals surface area contributed by atoms with E-state index in [1.165, 1.54) is 4.90 Å². The zero-order valence-electron chi connectivity index (χ0n) is 45.3. The fraction of sp³-hybridized carbons (Fsp3) is 0.474. The largest absolute Gasteiger partial charge is 0.391 e. The molecule has 4 heterocycles. The molecular weight excluding hydrogens is 1000 g/mol. The van der Waals surface area contributed by atoms with Gasteiger partial charge in [-0.15, -0.1) is 11.3 Å². The number of amides is 6. The molecule has 1 fully saturated rings. The van der Waals surface area contributed by atoms with Crippen molar-refractivity contribution in [1.29, 1.82) is 0 Å². The third-order valence-corrected chi connectivity index (χ3v) is 15.3. The highest BCUT2D eigenvalue weighted by Crippen LogP contribution is 2.39. The Hall–Kier alpha value is -6.41. The second-order valence-electron chi connectivity index (χ2n) is 21.8. The van der Waals surface area contributed by atoms with Gasteiger partial charge in [0.05, 0.1) is 58.5 Å². The number of ketones is 1. The summed E-state index contributed by atoms with van der Waals surface area (Å²) in [5.41, 5.74) is 7.42. The summed E-state index contributed by atoms with van der Waals surface area (Å²) in [6.07, 6.45) is 2.24. The number of hydrogen-bond acceptors (Lipinski definition) is 11. The van der Waals surface area contributed by atoms with Gasteiger partial charge in [0.25, 0.3) is 5.91 Å². The van der Waals surface area contributed by atoms with Crippen LogP contribution in [0.2, 0.25) is 0 Å². The number of urea groups is 1. The second-order valence-corrected chi connectivity index (χ2v) is 22.7. The first-order chi connectivity index (χ1) is 35.6. The van der Waals surface area contributed by atoms with Gasteiger partial charge < -0.3 is 41.1 Å². The lowest BCUT2D eigenvalue weighted by Crippen LogP contribution is -2.57. The highest BCUT2D eigenvalue weighted by atomic mass is 32.1. The molecule has 17 nitrogen and oxygen atoms in total. The Kier molecular flexibility index (Phi) is 19.8. The van der Waals surface area contributed by atoms with E-state index in [4.69, 9.17) is 0 Å². The van der Waals surface area contributed by atoms with Gasteiger partial charge >= 0.3 is 6.03 Å². The van der Waals surface area contributed by atoms with Crippen molar-refractivity contribution >= 4 is 60.3 Å². The maximum Gasteiger partial charge on any atom is 0.319 e. The molecule has 408 valence electrons. The average molecular weight is 1080 g/mol. The van der Waals surface area contributed by atoms with Crippen LogP contribution in [0, 0.1) is 12.3 Å². The van der Waals surface area contributed by atoms with Crippen molar-refractivity contribution < 1.29 is 33.9 Å². The third kappa shape index (κ3) is 14.3. The monoisotopic (exact) mass is 1080 g/mol. The van der Waals surface area contributed by atoms with Gasteiger partial charge in [0.1, 0.15) is 12.1 Å². The molecule has 0 spiro atoms. The highest BCUT2D eigenvalue weighted by molar-refractivity contribution is 7.59. The predicted octanol–water partition coefficient (Wildman–Crippen LogP) is 7.49. The first-order valence-corrected chi connectivity index (χ1v) is 26.8. The number of unbranched alkanes of at least 4 members (excludes halogenated alkanes) is 3. The molecule has 6 amide bonds. The number of aryl methyl sites for hydroxylation is 1. The van der Waals surface area contributed by atoms with E-state index in [-0.39, 0.29) is 80.9 Å². The van der Waals surface area contributed by atoms with Gasteiger partial charge in [-0.3, -0.25) is 29.1 Å². The quantitative estimate of drug-likeness (QED) is 0.0314. The SMILES string of the molecule is Cc1ncsc1-c1ccc([C@H](C)NC(=O)[C@@H]2C[C@@H](O)CN2C(=O)[C@@H](NC(=O)CCCCCCNC(=O)c2ccc(C(=O)Cc3[nH]nc4c3CN(C(=O)N[C@H](CN(C)C)c3ccccc3)C4(C)C)cc2)C(C)(C)C)cc1.S. The Morgan fingerprint density at radius 1 is 0.882 bits per heavy atom. The lowest BCUT2D eigenvalue weighted by Gasteiger charge is -2.35. The van der Waals surface area contributed by atoms with Crippen molar-refractivity contribution in [3.8, 4) is 10.4 Å². The molecule has 2 aromatic heterocycles. The Labute approximate surface area is 457 Å². The number of aromatic nitrogens is 3. The van der Waals surface area contributed by atoms with Gasteiger partial charge in [-0.1, -0.05) is 100 Å². The number of nitrogens with zero attached hydrogens (tertiary/aromatic N) is 5. The first-order valence-electron chi connectivity index (χ1n) is 26.0. The number of thiazole rings is 1. The minimum atomic E-state index is -0.919. The molecule has 5 atom stereocenters. The van der Waals surface area contributed by atoms with Crippen LogP contribution in [0.3, 0.4) is 0 Å². The van der Waals surface area contributed by atoms with Gasteiger partial charge in [-0.25, -0.2) is 9.78 Å². The van der Waals surface area contributed by atoms with Crippen LogP contribution in [-0.4, -0.2) is 122 Å². The summed E-state index contributed by atoms with van der Waals surface area (Å²) in [5.74, 6) is -1.46. The van der Waals surface area contributed by atoms with Gasteiger partial charge in [0.2, 0.25) is 17.7 Å². The van der Waals surface area contributed by atoms with Gasteiger partial charge in [0, 0.05) is 54.9 Å². The van der Waals surface area contributed by atoms with Gasteiger partial charge in [0.15, 0.2) is 5.78 Å². The number of aromatic amines is 1. The Balaban J connectivity index is 0.00000937. The maximum absolute atomic E-state index is 14.1. The number of hydrogen-bond donors (Lipinski definition) is 6. The van der Waals surface area contributed by atoms with E-state index >= 15 is 0 Å². The van der Waals surface area contributed by atoms with Crippen LogP contribution in [0.4, 0.5) is 4.79 Å². The first kappa shape index (κ1) is 58.8. The van der Waals surface area contributed by atoms with Crippen LogP contribution < -0.4 is 21.3 Å². The number of aliphatic hydroxyl groups excluding tert-OH is 1. The van der Waals surface area contributed by atoms with Crippen molar-refractivity contribution in [2.24, 2.45) is 5.41 Å². The van der Waals surface area contributed by atoms with Gasteiger partial charge in [-0.05, 0) is 88.9 Å². The number of rotatable bonds is 21. The third-order valence-electron chi connectivity index (χ3n) is 14.3. The lowest BCUT2D eigenvalue weighted by atomic mass is 9.85. The van der Waals surface area contributed by atoms with Crippen LogP contribution in [-0.2, 0) is 32.9 Å². The fourth-order valence-corrected chi connectivity index (χ4v) is 10.7. The number of β-amino-alcohol motifs (C(OH)–C–C–N with tert-alkyl or cyclic N) is 1. The molecule has 0 aliphatic carbocycles. The van der Waals surface area contributed by atoms with Crippen LogP contribution in [0.25, 0.3) is 10.4 Å². The zero-order chi connectivity index (χ0) is 54.2. The Bertz CT molecular complexity index is 2810. The number of carbonyl (C=O) groups is 6. The number of likely N-dealkylation sites (N-methyl/N-ethyl adjacent to an activating group) is 1. The lowest BCUT2D eigenvalue weighted by molar-refractivity contribution is -0.144. The molecule has 0 saturated carbocycles. The minimum Gasteiger partial charge on any atom is -0.391 e. The van der Waals surface area contributed by atoms with E-state index in [1.54, 1.807) is 40.5 Å². The normalized spacial score (nSPS) is 17.0. The molecule has 76 heavy (non-hydrogen) atoms. The molecule has 6 N–H and O–H groups in total. The number of aliphatic hydroxyl groups is 1. The summed E-state index contributed by atoms with van der Waals surface area (Å²) in [5, 5.41) is 30.4. The Morgan fingerprint density at radius 3 is 2.20 bits per heavy atom. The Morgan fingerprint density at radius 2 is 1.55 bits per heavy atom. The van der Waals surface area contributed by atoms with E-state index in [0.717, 1.165) is 51.4 Å². The van der Waals surface area contributed by atoms with E-state index in [1.807, 2.05) is 128 Å². The topological polar surface area (TPSA) is 222 Å². The van der Waals surface area contributed by atoms with Gasteiger partial charge in [-0.2, -0.15) is 18.6 Å². The van der Waals surface area contributed by atoms with Crippen LogP contribution in [0.5, 0.6) is 0 Å². The number of Topliss-reactive ketones (excluding diaryl/α,β-unsaturated/α-hetero) is 1. The van der Waals surface area contributed by atoms with E-state index in [9.17, 15) is 33.9 Å².